The number of aliphatic imine (C=N–C) groups is 1. The maximum atomic E-state index is 5.94. The first-order chi connectivity index (χ1) is 14.5. The quantitative estimate of drug-likeness (QED) is 0.326. The van der Waals surface area contributed by atoms with Gasteiger partial charge in [-0.15, -0.1) is 24.0 Å². The number of hydrogen-bond acceptors (Lipinski definition) is 5. The first-order valence-electron chi connectivity index (χ1n) is 11.1. The molecule has 4 rings (SSSR count). The Morgan fingerprint density at radius 3 is 2.58 bits per heavy atom. The summed E-state index contributed by atoms with van der Waals surface area (Å²) in [5.41, 5.74) is 1.40. The van der Waals surface area contributed by atoms with E-state index in [-0.39, 0.29) is 35.4 Å². The topological polar surface area (TPSA) is 67.4 Å². The van der Waals surface area contributed by atoms with E-state index < -0.39 is 0 Å². The molecule has 1 aromatic rings. The number of rotatable bonds is 6. The molecule has 4 unspecified atom stereocenters. The van der Waals surface area contributed by atoms with Gasteiger partial charge in [-0.25, -0.2) is 0 Å². The van der Waals surface area contributed by atoms with Crippen molar-refractivity contribution in [2.24, 2.45) is 16.3 Å². The third-order valence-corrected chi connectivity index (χ3v) is 7.07. The maximum Gasteiger partial charge on any atom is 0.191 e. The van der Waals surface area contributed by atoms with Gasteiger partial charge in [-0.1, -0.05) is 26.0 Å². The molecule has 7 nitrogen and oxygen atoms in total. The van der Waals surface area contributed by atoms with Crippen LogP contribution in [0.15, 0.2) is 29.3 Å². The van der Waals surface area contributed by atoms with Crippen LogP contribution in [0.1, 0.15) is 31.9 Å². The van der Waals surface area contributed by atoms with Gasteiger partial charge in [-0.3, -0.25) is 9.89 Å². The molecule has 2 heterocycles. The van der Waals surface area contributed by atoms with Gasteiger partial charge in [0.15, 0.2) is 5.96 Å². The fourth-order valence-electron chi connectivity index (χ4n) is 5.33. The van der Waals surface area contributed by atoms with Crippen LogP contribution >= 0.6 is 24.0 Å². The van der Waals surface area contributed by atoms with Crippen molar-refractivity contribution in [3.05, 3.63) is 29.8 Å². The number of ether oxygens (including phenoxy) is 3. The Kier molecular flexibility index (Phi) is 8.45. The number of nitrogens with zero attached hydrogens (tertiary/aromatic N) is 2. The minimum atomic E-state index is 0. The Hall–Kier alpha value is -1.10. The number of nitrogens with one attached hydrogen (secondary N) is 2. The molecule has 0 aromatic heterocycles. The molecule has 1 aliphatic carbocycles. The van der Waals surface area contributed by atoms with Gasteiger partial charge in [0.1, 0.15) is 5.75 Å². The van der Waals surface area contributed by atoms with Gasteiger partial charge < -0.3 is 24.8 Å². The Bertz CT molecular complexity index is 737. The first kappa shape index (κ1) is 24.5. The summed E-state index contributed by atoms with van der Waals surface area (Å²) in [4.78, 5) is 7.00. The van der Waals surface area contributed by atoms with Gasteiger partial charge in [0.25, 0.3) is 0 Å². The summed E-state index contributed by atoms with van der Waals surface area (Å²) in [5, 5.41) is 7.28. The minimum absolute atomic E-state index is 0. The third kappa shape index (κ3) is 5.12. The third-order valence-electron chi connectivity index (χ3n) is 7.07. The van der Waals surface area contributed by atoms with Crippen LogP contribution in [0.3, 0.4) is 0 Å². The molecule has 3 aliphatic rings. The average Bonchev–Trinajstić information content (AvgIpc) is 3.24. The molecule has 174 valence electrons. The van der Waals surface area contributed by atoms with Gasteiger partial charge >= 0.3 is 0 Å². The maximum absolute atomic E-state index is 5.94. The SMILES string of the molecule is CN=C(NCC(c1ccc(OC)cc1)N1CCOCC1)NC1C2CCOC2C1(C)C.I. The second-order valence-corrected chi connectivity index (χ2v) is 9.08. The molecule has 31 heavy (non-hydrogen) atoms. The molecule has 0 radical (unpaired) electrons. The van der Waals surface area contributed by atoms with Crippen LogP contribution in [0.25, 0.3) is 0 Å². The lowest BCUT2D eigenvalue weighted by Gasteiger charge is -2.55. The number of fused-ring (bicyclic) bond motifs is 1. The summed E-state index contributed by atoms with van der Waals surface area (Å²) in [6.45, 7) is 9.65. The largest absolute Gasteiger partial charge is 0.497 e. The molecule has 2 aliphatic heterocycles. The highest BCUT2D eigenvalue weighted by molar-refractivity contribution is 14.0. The van der Waals surface area contributed by atoms with Crippen LogP contribution < -0.4 is 15.4 Å². The van der Waals surface area contributed by atoms with E-state index >= 15 is 0 Å². The van der Waals surface area contributed by atoms with Gasteiger partial charge in [-0.05, 0) is 24.1 Å². The first-order valence-corrected chi connectivity index (χ1v) is 11.1. The fraction of sp³-hybridized carbons (Fsp3) is 0.696. The van der Waals surface area contributed by atoms with Crippen LogP contribution in [0, 0.1) is 11.3 Å². The van der Waals surface area contributed by atoms with Crippen molar-refractivity contribution in [3.63, 3.8) is 0 Å². The van der Waals surface area contributed by atoms with Gasteiger partial charge in [0.2, 0.25) is 0 Å². The van der Waals surface area contributed by atoms with Crippen molar-refractivity contribution in [2.45, 2.75) is 38.5 Å². The number of hydrogen-bond donors (Lipinski definition) is 2. The highest BCUT2D eigenvalue weighted by atomic mass is 127. The second-order valence-electron chi connectivity index (χ2n) is 9.08. The molecule has 4 atom stereocenters. The van der Waals surface area contributed by atoms with E-state index in [1.54, 1.807) is 7.11 Å². The molecule has 2 saturated heterocycles. The molecule has 2 N–H and O–H groups in total. The van der Waals surface area contributed by atoms with Crippen molar-refractivity contribution >= 4 is 29.9 Å². The van der Waals surface area contributed by atoms with Crippen molar-refractivity contribution in [1.29, 1.82) is 0 Å². The molecule has 1 saturated carbocycles. The predicted molar refractivity (Wildman–Crippen MR) is 133 cm³/mol. The molecular weight excluding hydrogens is 507 g/mol. The van der Waals surface area contributed by atoms with Gasteiger partial charge in [0, 0.05) is 50.7 Å². The fourth-order valence-corrected chi connectivity index (χ4v) is 5.33. The van der Waals surface area contributed by atoms with Crippen LogP contribution in [0.4, 0.5) is 0 Å². The zero-order valence-electron chi connectivity index (χ0n) is 19.1. The zero-order chi connectivity index (χ0) is 21.1. The number of morpholine rings is 1. The molecule has 0 bridgehead atoms. The molecule has 0 spiro atoms. The average molecular weight is 544 g/mol. The molecule has 3 fully saturated rings. The summed E-state index contributed by atoms with van der Waals surface area (Å²) < 4.78 is 16.9. The Balaban J connectivity index is 0.00000272. The van der Waals surface area contributed by atoms with E-state index in [1.807, 2.05) is 19.2 Å². The van der Waals surface area contributed by atoms with Crippen LogP contribution in [-0.2, 0) is 9.47 Å². The second kappa shape index (κ2) is 10.7. The normalized spacial score (nSPS) is 28.6. The van der Waals surface area contributed by atoms with Crippen molar-refractivity contribution in [1.82, 2.24) is 15.5 Å². The number of methoxy groups -OCH3 is 1. The van der Waals surface area contributed by atoms with Crippen molar-refractivity contribution < 1.29 is 14.2 Å². The standard InChI is InChI=1S/C23H36N4O3.HI/c1-23(2)20(18-9-12-30-21(18)23)26-22(24-3)25-15-19(27-10-13-29-14-11-27)16-5-7-17(28-4)8-6-16;/h5-8,18-21H,9-15H2,1-4H3,(H2,24,25,26);1H. The predicted octanol–water partition coefficient (Wildman–Crippen LogP) is 2.67. The summed E-state index contributed by atoms with van der Waals surface area (Å²) >= 11 is 0. The zero-order valence-corrected chi connectivity index (χ0v) is 21.4. The summed E-state index contributed by atoms with van der Waals surface area (Å²) in [6, 6.07) is 9.02. The lowest BCUT2D eigenvalue weighted by molar-refractivity contribution is -0.106. The van der Waals surface area contributed by atoms with E-state index in [9.17, 15) is 0 Å². The molecule has 0 amide bonds. The van der Waals surface area contributed by atoms with Crippen LogP contribution in [0.2, 0.25) is 0 Å². The lowest BCUT2D eigenvalue weighted by Crippen LogP contribution is -2.68. The molecular formula is C23H37IN4O3. The van der Waals surface area contributed by atoms with Crippen molar-refractivity contribution in [2.75, 3.05) is 53.6 Å². The minimum Gasteiger partial charge on any atom is -0.497 e. The summed E-state index contributed by atoms with van der Waals surface area (Å²) in [5.74, 6) is 2.32. The molecule has 8 heteroatoms. The lowest BCUT2D eigenvalue weighted by atomic mass is 9.57. The van der Waals surface area contributed by atoms with E-state index in [1.165, 1.54) is 5.56 Å². The monoisotopic (exact) mass is 544 g/mol. The number of halogens is 1. The van der Waals surface area contributed by atoms with E-state index in [0.717, 1.165) is 57.6 Å². The van der Waals surface area contributed by atoms with Gasteiger partial charge in [-0.2, -0.15) is 0 Å². The Labute approximate surface area is 203 Å². The summed E-state index contributed by atoms with van der Waals surface area (Å²) in [6.07, 6.45) is 1.50. The van der Waals surface area contributed by atoms with Crippen molar-refractivity contribution in [3.8, 4) is 5.75 Å². The number of guanidine groups is 1. The Morgan fingerprint density at radius 1 is 1.23 bits per heavy atom. The highest BCUT2D eigenvalue weighted by Crippen LogP contribution is 2.52. The van der Waals surface area contributed by atoms with E-state index in [2.05, 4.69) is 46.5 Å². The van der Waals surface area contributed by atoms with Gasteiger partial charge in [0.05, 0.1) is 32.5 Å². The highest BCUT2D eigenvalue weighted by Gasteiger charge is 2.59. The summed E-state index contributed by atoms with van der Waals surface area (Å²) in [7, 11) is 3.55. The van der Waals surface area contributed by atoms with E-state index in [0.29, 0.717) is 18.1 Å². The Morgan fingerprint density at radius 2 is 1.94 bits per heavy atom. The van der Waals surface area contributed by atoms with Crippen LogP contribution in [-0.4, -0.2) is 76.6 Å². The van der Waals surface area contributed by atoms with Crippen LogP contribution in [0.5, 0.6) is 5.75 Å². The smallest absolute Gasteiger partial charge is 0.191 e. The van der Waals surface area contributed by atoms with E-state index in [4.69, 9.17) is 14.2 Å². The molecule has 1 aromatic carbocycles. The number of benzene rings is 1.